The van der Waals surface area contributed by atoms with Crippen molar-refractivity contribution in [3.05, 3.63) is 29.3 Å². The van der Waals surface area contributed by atoms with Crippen LogP contribution in [0.25, 0.3) is 0 Å². The summed E-state index contributed by atoms with van der Waals surface area (Å²) >= 11 is 0. The van der Waals surface area contributed by atoms with Crippen molar-refractivity contribution in [3.8, 4) is 0 Å². The van der Waals surface area contributed by atoms with Crippen molar-refractivity contribution in [2.75, 3.05) is 18.0 Å². The monoisotopic (exact) mass is 244 g/mol. The standard InChI is InChI=1S/C16H24N2/c1-13-6-7-15(18-10-3-2-4-11-18)14(12-13)16(17)8-5-9-16/h6-7,12H,2-5,8-11,17H2,1H3. The van der Waals surface area contributed by atoms with Gasteiger partial charge in [0, 0.05) is 24.3 Å². The molecule has 0 aromatic heterocycles. The highest BCUT2D eigenvalue weighted by molar-refractivity contribution is 5.58. The Morgan fingerprint density at radius 3 is 2.39 bits per heavy atom. The number of anilines is 1. The van der Waals surface area contributed by atoms with E-state index in [0.717, 1.165) is 12.8 Å². The third-order valence-corrected chi connectivity index (χ3v) is 4.63. The van der Waals surface area contributed by atoms with Gasteiger partial charge in [-0.2, -0.15) is 0 Å². The van der Waals surface area contributed by atoms with Crippen LogP contribution in [-0.4, -0.2) is 13.1 Å². The molecular formula is C16H24N2. The summed E-state index contributed by atoms with van der Waals surface area (Å²) in [5, 5.41) is 0. The molecule has 1 aliphatic heterocycles. The molecule has 0 atom stereocenters. The second-order valence-corrected chi connectivity index (χ2v) is 6.08. The Hall–Kier alpha value is -1.02. The summed E-state index contributed by atoms with van der Waals surface area (Å²) in [5.74, 6) is 0. The van der Waals surface area contributed by atoms with Gasteiger partial charge in [0.15, 0.2) is 0 Å². The Morgan fingerprint density at radius 2 is 1.78 bits per heavy atom. The summed E-state index contributed by atoms with van der Waals surface area (Å²) < 4.78 is 0. The number of hydrogen-bond donors (Lipinski definition) is 1. The zero-order chi connectivity index (χ0) is 12.6. The van der Waals surface area contributed by atoms with Crippen LogP contribution in [0.4, 0.5) is 5.69 Å². The molecule has 98 valence electrons. The first-order valence-electron chi connectivity index (χ1n) is 7.34. The van der Waals surface area contributed by atoms with Crippen molar-refractivity contribution >= 4 is 5.69 Å². The van der Waals surface area contributed by atoms with Gasteiger partial charge in [-0.25, -0.2) is 0 Å². The first kappa shape index (κ1) is 12.0. The number of benzene rings is 1. The molecule has 0 radical (unpaired) electrons. The van der Waals surface area contributed by atoms with Gasteiger partial charge in [-0.1, -0.05) is 17.7 Å². The molecule has 1 aromatic carbocycles. The fourth-order valence-corrected chi connectivity index (χ4v) is 3.29. The third-order valence-electron chi connectivity index (χ3n) is 4.63. The SMILES string of the molecule is Cc1ccc(N2CCCCC2)c(C2(N)CCC2)c1. The molecule has 0 spiro atoms. The molecule has 18 heavy (non-hydrogen) atoms. The summed E-state index contributed by atoms with van der Waals surface area (Å²) in [7, 11) is 0. The smallest absolute Gasteiger partial charge is 0.0430 e. The van der Waals surface area contributed by atoms with Gasteiger partial charge in [0.1, 0.15) is 0 Å². The summed E-state index contributed by atoms with van der Waals surface area (Å²) in [4.78, 5) is 2.55. The third kappa shape index (κ3) is 2.03. The average molecular weight is 244 g/mol. The Balaban J connectivity index is 1.97. The number of hydrogen-bond acceptors (Lipinski definition) is 2. The molecule has 1 heterocycles. The van der Waals surface area contributed by atoms with Crippen LogP contribution in [-0.2, 0) is 5.54 Å². The van der Waals surface area contributed by atoms with Gasteiger partial charge < -0.3 is 10.6 Å². The van der Waals surface area contributed by atoms with Crippen LogP contribution >= 0.6 is 0 Å². The number of rotatable bonds is 2. The minimum absolute atomic E-state index is 0.0429. The van der Waals surface area contributed by atoms with E-state index >= 15 is 0 Å². The zero-order valence-electron chi connectivity index (χ0n) is 11.4. The molecule has 1 saturated heterocycles. The minimum Gasteiger partial charge on any atom is -0.371 e. The Labute approximate surface area is 110 Å². The first-order valence-corrected chi connectivity index (χ1v) is 7.34. The zero-order valence-corrected chi connectivity index (χ0v) is 11.4. The summed E-state index contributed by atoms with van der Waals surface area (Å²) in [6.07, 6.45) is 7.61. The maximum absolute atomic E-state index is 6.57. The van der Waals surface area contributed by atoms with Gasteiger partial charge in [-0.05, 0) is 57.1 Å². The highest BCUT2D eigenvalue weighted by Crippen LogP contribution is 2.43. The van der Waals surface area contributed by atoms with Crippen LogP contribution < -0.4 is 10.6 Å². The van der Waals surface area contributed by atoms with Crippen LogP contribution in [0.15, 0.2) is 18.2 Å². The number of aryl methyl sites for hydroxylation is 1. The molecule has 3 rings (SSSR count). The highest BCUT2D eigenvalue weighted by Gasteiger charge is 2.37. The predicted molar refractivity (Wildman–Crippen MR) is 77.0 cm³/mol. The van der Waals surface area contributed by atoms with Crippen LogP contribution in [0.1, 0.15) is 49.7 Å². The quantitative estimate of drug-likeness (QED) is 0.864. The molecule has 0 bridgehead atoms. The van der Waals surface area contributed by atoms with E-state index in [-0.39, 0.29) is 5.54 Å². The summed E-state index contributed by atoms with van der Waals surface area (Å²) in [6, 6.07) is 6.85. The lowest BCUT2D eigenvalue weighted by atomic mass is 9.71. The lowest BCUT2D eigenvalue weighted by molar-refractivity contribution is 0.253. The molecule has 1 aromatic rings. The lowest BCUT2D eigenvalue weighted by Gasteiger charge is -2.42. The molecule has 2 N–H and O–H groups in total. The van der Waals surface area contributed by atoms with E-state index in [1.54, 1.807) is 0 Å². The molecule has 1 aliphatic carbocycles. The van der Waals surface area contributed by atoms with Gasteiger partial charge in [-0.3, -0.25) is 0 Å². The summed E-state index contributed by atoms with van der Waals surface area (Å²) in [6.45, 7) is 4.57. The van der Waals surface area contributed by atoms with Crippen LogP contribution in [0.2, 0.25) is 0 Å². The van der Waals surface area contributed by atoms with E-state index in [1.807, 2.05) is 0 Å². The highest BCUT2D eigenvalue weighted by atomic mass is 15.1. The molecule has 2 fully saturated rings. The van der Waals surface area contributed by atoms with Crippen LogP contribution in [0.5, 0.6) is 0 Å². The number of nitrogens with zero attached hydrogens (tertiary/aromatic N) is 1. The van der Waals surface area contributed by atoms with Gasteiger partial charge >= 0.3 is 0 Å². The Morgan fingerprint density at radius 1 is 1.06 bits per heavy atom. The molecule has 0 unspecified atom stereocenters. The van der Waals surface area contributed by atoms with E-state index in [2.05, 4.69) is 30.0 Å². The molecule has 2 heteroatoms. The topological polar surface area (TPSA) is 29.3 Å². The predicted octanol–water partition coefficient (Wildman–Crippen LogP) is 3.32. The fraction of sp³-hybridized carbons (Fsp3) is 0.625. The Kier molecular flexibility index (Phi) is 3.06. The van der Waals surface area contributed by atoms with E-state index in [9.17, 15) is 0 Å². The maximum atomic E-state index is 6.57. The van der Waals surface area contributed by atoms with Crippen LogP contribution in [0, 0.1) is 6.92 Å². The van der Waals surface area contributed by atoms with Gasteiger partial charge in [0.05, 0.1) is 0 Å². The summed E-state index contributed by atoms with van der Waals surface area (Å²) in [5.41, 5.74) is 10.7. The van der Waals surface area contributed by atoms with Gasteiger partial charge in [-0.15, -0.1) is 0 Å². The second-order valence-electron chi connectivity index (χ2n) is 6.08. The molecular weight excluding hydrogens is 220 g/mol. The van der Waals surface area contributed by atoms with E-state index in [0.29, 0.717) is 0 Å². The first-order chi connectivity index (χ1) is 8.69. The molecule has 1 saturated carbocycles. The maximum Gasteiger partial charge on any atom is 0.0430 e. The van der Waals surface area contributed by atoms with E-state index in [4.69, 9.17) is 5.73 Å². The molecule has 0 amide bonds. The average Bonchev–Trinajstić information content (AvgIpc) is 2.37. The van der Waals surface area contributed by atoms with E-state index < -0.39 is 0 Å². The molecule has 2 nitrogen and oxygen atoms in total. The minimum atomic E-state index is -0.0429. The van der Waals surface area contributed by atoms with Crippen molar-refractivity contribution in [2.24, 2.45) is 5.73 Å². The number of nitrogens with two attached hydrogens (primary N) is 1. The normalized spacial score (nSPS) is 22.7. The largest absolute Gasteiger partial charge is 0.371 e. The van der Waals surface area contributed by atoms with Crippen molar-refractivity contribution in [1.82, 2.24) is 0 Å². The Bertz CT molecular complexity index is 429. The van der Waals surface area contributed by atoms with Crippen LogP contribution in [0.3, 0.4) is 0 Å². The number of piperidine rings is 1. The fourth-order valence-electron chi connectivity index (χ4n) is 3.29. The van der Waals surface area contributed by atoms with Crippen molar-refractivity contribution < 1.29 is 0 Å². The van der Waals surface area contributed by atoms with Gasteiger partial charge in [0.25, 0.3) is 0 Å². The second kappa shape index (κ2) is 4.58. The van der Waals surface area contributed by atoms with Crippen molar-refractivity contribution in [2.45, 2.75) is 51.0 Å². The van der Waals surface area contributed by atoms with E-state index in [1.165, 1.54) is 55.6 Å². The van der Waals surface area contributed by atoms with Crippen molar-refractivity contribution in [1.29, 1.82) is 0 Å². The van der Waals surface area contributed by atoms with Gasteiger partial charge in [0.2, 0.25) is 0 Å². The molecule has 2 aliphatic rings. The lowest BCUT2D eigenvalue weighted by Crippen LogP contribution is -2.45. The van der Waals surface area contributed by atoms with Crippen molar-refractivity contribution in [3.63, 3.8) is 0 Å².